The molecule has 2 N–H and O–H groups in total. The summed E-state index contributed by atoms with van der Waals surface area (Å²) in [6.07, 6.45) is 3.33. The molecule has 0 bridgehead atoms. The molecule has 1 aliphatic rings. The lowest BCUT2D eigenvalue weighted by Crippen LogP contribution is -2.29. The minimum atomic E-state index is 0.703. The molecule has 3 heteroatoms. The molecule has 2 rings (SSSR count). The zero-order chi connectivity index (χ0) is 10.7. The van der Waals surface area contributed by atoms with Crippen molar-refractivity contribution in [3.05, 3.63) is 40.4 Å². The maximum Gasteiger partial charge on any atom is 0.0369 e. The van der Waals surface area contributed by atoms with Gasteiger partial charge in [0.15, 0.2) is 0 Å². The molecule has 0 saturated heterocycles. The fraction of sp³-hybridized carbons (Fsp3) is 0.333. The summed E-state index contributed by atoms with van der Waals surface area (Å²) in [7, 11) is 0. The molecule has 0 radical (unpaired) electrons. The number of anilines is 1. The Morgan fingerprint density at radius 3 is 2.53 bits per heavy atom. The van der Waals surface area contributed by atoms with Gasteiger partial charge in [-0.1, -0.05) is 27.6 Å². The van der Waals surface area contributed by atoms with Gasteiger partial charge in [0.2, 0.25) is 0 Å². The van der Waals surface area contributed by atoms with Gasteiger partial charge in [0, 0.05) is 29.8 Å². The Bertz CT molecular complexity index is 356. The van der Waals surface area contributed by atoms with Gasteiger partial charge in [-0.3, -0.25) is 0 Å². The first kappa shape index (κ1) is 10.7. The molecular formula is C12H15BrN2. The minimum absolute atomic E-state index is 0.703. The van der Waals surface area contributed by atoms with Crippen LogP contribution in [0.25, 0.3) is 0 Å². The van der Waals surface area contributed by atoms with E-state index in [9.17, 15) is 0 Å². The van der Waals surface area contributed by atoms with Gasteiger partial charge in [-0.2, -0.15) is 0 Å². The molecule has 0 amide bonds. The standard InChI is InChI=1S/C12H15BrN2/c13-11-1-3-12(4-2-11)15-7-5-10(9-14)6-8-15/h1-5H,6-9,14H2. The lowest BCUT2D eigenvalue weighted by Gasteiger charge is -2.28. The molecule has 1 heterocycles. The lowest BCUT2D eigenvalue weighted by molar-refractivity contribution is 0.773. The summed E-state index contributed by atoms with van der Waals surface area (Å²) in [5.74, 6) is 0. The van der Waals surface area contributed by atoms with Crippen LogP contribution in [-0.2, 0) is 0 Å². The Morgan fingerprint density at radius 2 is 2.00 bits per heavy atom. The van der Waals surface area contributed by atoms with E-state index in [4.69, 9.17) is 5.73 Å². The van der Waals surface area contributed by atoms with Crippen LogP contribution in [0.2, 0.25) is 0 Å². The number of benzene rings is 1. The first-order valence-corrected chi connectivity index (χ1v) is 5.97. The van der Waals surface area contributed by atoms with E-state index in [1.165, 1.54) is 11.3 Å². The Kier molecular flexibility index (Phi) is 3.44. The topological polar surface area (TPSA) is 29.3 Å². The molecule has 2 nitrogen and oxygen atoms in total. The van der Waals surface area contributed by atoms with E-state index < -0.39 is 0 Å². The summed E-state index contributed by atoms with van der Waals surface area (Å²) in [6, 6.07) is 8.45. The van der Waals surface area contributed by atoms with Crippen LogP contribution < -0.4 is 10.6 Å². The van der Waals surface area contributed by atoms with Crippen molar-refractivity contribution in [1.29, 1.82) is 0 Å². The van der Waals surface area contributed by atoms with Crippen molar-refractivity contribution in [2.24, 2.45) is 5.73 Å². The van der Waals surface area contributed by atoms with Crippen LogP contribution in [0.5, 0.6) is 0 Å². The second-order valence-electron chi connectivity index (χ2n) is 3.74. The molecule has 1 aromatic rings. The van der Waals surface area contributed by atoms with Gasteiger partial charge in [0.05, 0.1) is 0 Å². The summed E-state index contributed by atoms with van der Waals surface area (Å²) in [5, 5.41) is 0. The van der Waals surface area contributed by atoms with Crippen molar-refractivity contribution in [2.75, 3.05) is 24.5 Å². The second kappa shape index (κ2) is 4.81. The molecular weight excluding hydrogens is 252 g/mol. The van der Waals surface area contributed by atoms with Crippen LogP contribution in [0, 0.1) is 0 Å². The van der Waals surface area contributed by atoms with Crippen molar-refractivity contribution in [2.45, 2.75) is 6.42 Å². The summed E-state index contributed by atoms with van der Waals surface area (Å²) in [4.78, 5) is 2.37. The number of halogens is 1. The molecule has 0 atom stereocenters. The molecule has 1 aliphatic heterocycles. The fourth-order valence-electron chi connectivity index (χ4n) is 1.78. The highest BCUT2D eigenvalue weighted by molar-refractivity contribution is 9.10. The summed E-state index contributed by atoms with van der Waals surface area (Å²) in [5.41, 5.74) is 8.28. The monoisotopic (exact) mass is 266 g/mol. The maximum atomic E-state index is 5.61. The molecule has 15 heavy (non-hydrogen) atoms. The van der Waals surface area contributed by atoms with Crippen molar-refractivity contribution in [3.8, 4) is 0 Å². The normalized spacial score (nSPS) is 16.4. The average Bonchev–Trinajstić information content (AvgIpc) is 2.30. The Morgan fingerprint density at radius 1 is 1.27 bits per heavy atom. The third-order valence-corrected chi connectivity index (χ3v) is 3.29. The quantitative estimate of drug-likeness (QED) is 0.834. The maximum absolute atomic E-state index is 5.61. The largest absolute Gasteiger partial charge is 0.367 e. The number of nitrogens with zero attached hydrogens (tertiary/aromatic N) is 1. The molecule has 0 fully saturated rings. The van der Waals surface area contributed by atoms with Gasteiger partial charge in [0.25, 0.3) is 0 Å². The molecule has 0 aliphatic carbocycles. The Hall–Kier alpha value is -0.800. The van der Waals surface area contributed by atoms with Gasteiger partial charge < -0.3 is 10.6 Å². The van der Waals surface area contributed by atoms with Crippen molar-refractivity contribution in [1.82, 2.24) is 0 Å². The van der Waals surface area contributed by atoms with E-state index in [-0.39, 0.29) is 0 Å². The van der Waals surface area contributed by atoms with Gasteiger partial charge in [0.1, 0.15) is 0 Å². The third kappa shape index (κ3) is 2.61. The first-order chi connectivity index (χ1) is 7.29. The summed E-state index contributed by atoms with van der Waals surface area (Å²) in [6.45, 7) is 2.76. The number of rotatable bonds is 2. The number of nitrogens with two attached hydrogens (primary N) is 1. The van der Waals surface area contributed by atoms with E-state index in [1.54, 1.807) is 0 Å². The number of hydrogen-bond donors (Lipinski definition) is 1. The minimum Gasteiger partial charge on any atom is -0.367 e. The van der Waals surface area contributed by atoms with Crippen LogP contribution in [-0.4, -0.2) is 19.6 Å². The average molecular weight is 267 g/mol. The second-order valence-corrected chi connectivity index (χ2v) is 4.65. The molecule has 1 aromatic carbocycles. The summed E-state index contributed by atoms with van der Waals surface area (Å²) < 4.78 is 1.13. The predicted molar refractivity (Wildman–Crippen MR) is 68.1 cm³/mol. The van der Waals surface area contributed by atoms with Crippen LogP contribution in [0.15, 0.2) is 40.4 Å². The SMILES string of the molecule is NCC1=CCN(c2ccc(Br)cc2)CC1. The smallest absolute Gasteiger partial charge is 0.0369 e. The van der Waals surface area contributed by atoms with Crippen molar-refractivity contribution in [3.63, 3.8) is 0 Å². The van der Waals surface area contributed by atoms with Crippen molar-refractivity contribution < 1.29 is 0 Å². The molecule has 0 spiro atoms. The first-order valence-electron chi connectivity index (χ1n) is 5.18. The zero-order valence-corrected chi connectivity index (χ0v) is 10.2. The fourth-order valence-corrected chi connectivity index (χ4v) is 2.05. The van der Waals surface area contributed by atoms with Gasteiger partial charge >= 0.3 is 0 Å². The van der Waals surface area contributed by atoms with Crippen LogP contribution >= 0.6 is 15.9 Å². The van der Waals surface area contributed by atoms with E-state index in [2.05, 4.69) is 51.2 Å². The van der Waals surface area contributed by atoms with Gasteiger partial charge in [-0.05, 0) is 30.7 Å². The van der Waals surface area contributed by atoms with E-state index >= 15 is 0 Å². The highest BCUT2D eigenvalue weighted by atomic mass is 79.9. The lowest BCUT2D eigenvalue weighted by atomic mass is 10.1. The van der Waals surface area contributed by atoms with Gasteiger partial charge in [-0.15, -0.1) is 0 Å². The third-order valence-electron chi connectivity index (χ3n) is 2.76. The highest BCUT2D eigenvalue weighted by Gasteiger charge is 2.10. The van der Waals surface area contributed by atoms with Crippen LogP contribution in [0.3, 0.4) is 0 Å². The predicted octanol–water partition coefficient (Wildman–Crippen LogP) is 2.54. The van der Waals surface area contributed by atoms with E-state index in [0.29, 0.717) is 6.54 Å². The van der Waals surface area contributed by atoms with E-state index in [0.717, 1.165) is 24.0 Å². The number of hydrogen-bond acceptors (Lipinski definition) is 2. The zero-order valence-electron chi connectivity index (χ0n) is 8.62. The van der Waals surface area contributed by atoms with Crippen LogP contribution in [0.1, 0.15) is 6.42 Å². The van der Waals surface area contributed by atoms with Gasteiger partial charge in [-0.25, -0.2) is 0 Å². The molecule has 0 aromatic heterocycles. The highest BCUT2D eigenvalue weighted by Crippen LogP contribution is 2.21. The molecule has 80 valence electrons. The van der Waals surface area contributed by atoms with Crippen LogP contribution in [0.4, 0.5) is 5.69 Å². The molecule has 0 unspecified atom stereocenters. The summed E-state index contributed by atoms with van der Waals surface area (Å²) >= 11 is 3.44. The van der Waals surface area contributed by atoms with Crippen molar-refractivity contribution >= 4 is 21.6 Å². The Labute approximate surface area is 98.9 Å². The van der Waals surface area contributed by atoms with E-state index in [1.807, 2.05) is 0 Å². The molecule has 0 saturated carbocycles. The Balaban J connectivity index is 2.07.